The van der Waals surface area contributed by atoms with Crippen LogP contribution in [0.2, 0.25) is 5.02 Å². The van der Waals surface area contributed by atoms with Crippen LogP contribution in [0.3, 0.4) is 0 Å². The van der Waals surface area contributed by atoms with Crippen LogP contribution < -0.4 is 9.47 Å². The van der Waals surface area contributed by atoms with Gasteiger partial charge in [-0.1, -0.05) is 11.6 Å². The highest BCUT2D eigenvalue weighted by Gasteiger charge is 2.19. The molecule has 0 aliphatic carbocycles. The first-order valence-electron chi connectivity index (χ1n) is 4.62. The zero-order chi connectivity index (χ0) is 13.2. The van der Waals surface area contributed by atoms with Crippen LogP contribution in [0.5, 0.6) is 11.5 Å². The standard InChI is InChI=1S/C10H12Cl2O4S/c1-6-7(5-17(12,13)14)8(11)4-9(15-2)10(6)16-3/h4H,5H2,1-3H3. The molecule has 0 saturated carbocycles. The quantitative estimate of drug-likeness (QED) is 0.802. The molecule has 0 atom stereocenters. The van der Waals surface area contributed by atoms with Gasteiger partial charge in [-0.25, -0.2) is 8.42 Å². The zero-order valence-corrected chi connectivity index (χ0v) is 11.9. The van der Waals surface area contributed by atoms with E-state index >= 15 is 0 Å². The Morgan fingerprint density at radius 1 is 1.29 bits per heavy atom. The Morgan fingerprint density at radius 2 is 1.88 bits per heavy atom. The van der Waals surface area contributed by atoms with Gasteiger partial charge in [-0.15, -0.1) is 0 Å². The summed E-state index contributed by atoms with van der Waals surface area (Å²) in [6.45, 7) is 1.70. The molecule has 0 aromatic heterocycles. The number of hydrogen-bond donors (Lipinski definition) is 0. The van der Waals surface area contributed by atoms with Gasteiger partial charge < -0.3 is 9.47 Å². The SMILES string of the molecule is COc1cc(Cl)c(CS(=O)(=O)Cl)c(C)c1OC. The first kappa shape index (κ1) is 14.4. The minimum Gasteiger partial charge on any atom is -0.493 e. The van der Waals surface area contributed by atoms with Crippen molar-refractivity contribution in [3.8, 4) is 11.5 Å². The van der Waals surface area contributed by atoms with Gasteiger partial charge in [0.1, 0.15) is 0 Å². The molecule has 0 amide bonds. The van der Waals surface area contributed by atoms with Crippen molar-refractivity contribution in [2.45, 2.75) is 12.7 Å². The third-order valence-electron chi connectivity index (χ3n) is 2.30. The fourth-order valence-corrected chi connectivity index (χ4v) is 2.95. The summed E-state index contributed by atoms with van der Waals surface area (Å²) in [4.78, 5) is 0. The molecule has 0 aliphatic heterocycles. The summed E-state index contributed by atoms with van der Waals surface area (Å²) >= 11 is 5.99. The Kier molecular flexibility index (Phi) is 4.52. The van der Waals surface area contributed by atoms with E-state index in [-0.39, 0.29) is 10.8 Å². The van der Waals surface area contributed by atoms with Gasteiger partial charge in [-0.3, -0.25) is 0 Å². The first-order valence-corrected chi connectivity index (χ1v) is 7.48. The summed E-state index contributed by atoms with van der Waals surface area (Å²) < 4.78 is 32.4. The molecule has 0 spiro atoms. The highest BCUT2D eigenvalue weighted by atomic mass is 35.7. The molecule has 1 aromatic rings. The van der Waals surface area contributed by atoms with Crippen LogP contribution in [0.25, 0.3) is 0 Å². The van der Waals surface area contributed by atoms with Gasteiger partial charge in [-0.05, 0) is 12.5 Å². The van der Waals surface area contributed by atoms with Crippen molar-refractivity contribution >= 4 is 31.3 Å². The van der Waals surface area contributed by atoms with Crippen LogP contribution in [-0.4, -0.2) is 22.6 Å². The van der Waals surface area contributed by atoms with Gasteiger partial charge in [0.25, 0.3) is 0 Å². The molecule has 17 heavy (non-hydrogen) atoms. The summed E-state index contributed by atoms with van der Waals surface area (Å²) in [6.07, 6.45) is 0. The molecule has 7 heteroatoms. The predicted molar refractivity (Wildman–Crippen MR) is 67.8 cm³/mol. The van der Waals surface area contributed by atoms with Crippen molar-refractivity contribution in [3.05, 3.63) is 22.2 Å². The minimum atomic E-state index is -3.68. The molecule has 0 unspecified atom stereocenters. The molecule has 4 nitrogen and oxygen atoms in total. The van der Waals surface area contributed by atoms with Crippen LogP contribution in [0, 0.1) is 6.92 Å². The van der Waals surface area contributed by atoms with E-state index in [0.29, 0.717) is 22.6 Å². The van der Waals surface area contributed by atoms with Gasteiger partial charge in [0.05, 0.1) is 20.0 Å². The fourth-order valence-electron chi connectivity index (χ4n) is 1.52. The lowest BCUT2D eigenvalue weighted by molar-refractivity contribution is 0.352. The summed E-state index contributed by atoms with van der Waals surface area (Å²) in [5.74, 6) is 0.553. The molecule has 0 heterocycles. The smallest absolute Gasteiger partial charge is 0.236 e. The van der Waals surface area contributed by atoms with Crippen LogP contribution in [-0.2, 0) is 14.8 Å². The number of halogens is 2. The maximum absolute atomic E-state index is 11.1. The Labute approximate surface area is 110 Å². The molecule has 0 fully saturated rings. The lowest BCUT2D eigenvalue weighted by atomic mass is 10.1. The average Bonchev–Trinajstić information content (AvgIpc) is 2.22. The normalized spacial score (nSPS) is 11.4. The Bertz CT molecular complexity index is 526. The van der Waals surface area contributed by atoms with E-state index in [1.54, 1.807) is 6.92 Å². The summed E-state index contributed by atoms with van der Waals surface area (Å²) in [7, 11) is 4.49. The molecule has 0 aliphatic rings. The second-order valence-electron chi connectivity index (χ2n) is 3.38. The topological polar surface area (TPSA) is 52.6 Å². The van der Waals surface area contributed by atoms with Crippen molar-refractivity contribution in [3.63, 3.8) is 0 Å². The van der Waals surface area contributed by atoms with Gasteiger partial charge in [0.15, 0.2) is 11.5 Å². The monoisotopic (exact) mass is 298 g/mol. The molecule has 1 rings (SSSR count). The molecule has 96 valence electrons. The van der Waals surface area contributed by atoms with E-state index in [1.807, 2.05) is 0 Å². The van der Waals surface area contributed by atoms with Crippen molar-refractivity contribution in [1.29, 1.82) is 0 Å². The summed E-state index contributed by atoms with van der Waals surface area (Å²) in [6, 6.07) is 1.50. The van der Waals surface area contributed by atoms with Gasteiger partial charge >= 0.3 is 0 Å². The van der Waals surface area contributed by atoms with Crippen molar-refractivity contribution in [2.75, 3.05) is 14.2 Å². The second kappa shape index (κ2) is 5.33. The molecule has 1 aromatic carbocycles. The predicted octanol–water partition coefficient (Wildman–Crippen LogP) is 2.73. The number of benzene rings is 1. The van der Waals surface area contributed by atoms with Crippen molar-refractivity contribution in [1.82, 2.24) is 0 Å². The van der Waals surface area contributed by atoms with Crippen LogP contribution in [0.4, 0.5) is 0 Å². The highest BCUT2D eigenvalue weighted by Crippen LogP contribution is 2.38. The fraction of sp³-hybridized carbons (Fsp3) is 0.400. The number of rotatable bonds is 4. The van der Waals surface area contributed by atoms with E-state index in [2.05, 4.69) is 0 Å². The number of hydrogen-bond acceptors (Lipinski definition) is 4. The van der Waals surface area contributed by atoms with Crippen LogP contribution in [0.1, 0.15) is 11.1 Å². The average molecular weight is 299 g/mol. The van der Waals surface area contributed by atoms with Crippen LogP contribution in [0.15, 0.2) is 6.07 Å². The van der Waals surface area contributed by atoms with E-state index < -0.39 is 9.05 Å². The van der Waals surface area contributed by atoms with Crippen molar-refractivity contribution in [2.24, 2.45) is 0 Å². The largest absolute Gasteiger partial charge is 0.493 e. The van der Waals surface area contributed by atoms with E-state index in [1.165, 1.54) is 20.3 Å². The number of methoxy groups -OCH3 is 2. The summed E-state index contributed by atoms with van der Waals surface area (Å²) in [5, 5.41) is 0.282. The van der Waals surface area contributed by atoms with E-state index in [4.69, 9.17) is 31.8 Å². The lowest BCUT2D eigenvalue weighted by Gasteiger charge is -2.15. The Hall–Kier alpha value is -0.650. The zero-order valence-electron chi connectivity index (χ0n) is 9.58. The third kappa shape index (κ3) is 3.40. The molecule has 0 bridgehead atoms. The maximum Gasteiger partial charge on any atom is 0.236 e. The molecule has 0 radical (unpaired) electrons. The Morgan fingerprint density at radius 3 is 2.29 bits per heavy atom. The van der Waals surface area contributed by atoms with E-state index in [9.17, 15) is 8.42 Å². The number of ether oxygens (including phenoxy) is 2. The van der Waals surface area contributed by atoms with Gasteiger partial charge in [-0.2, -0.15) is 0 Å². The summed E-state index contributed by atoms with van der Waals surface area (Å²) in [5.41, 5.74) is 1.01. The molecule has 0 saturated heterocycles. The molecular weight excluding hydrogens is 287 g/mol. The van der Waals surface area contributed by atoms with Crippen molar-refractivity contribution < 1.29 is 17.9 Å². The first-order chi connectivity index (χ1) is 7.80. The van der Waals surface area contributed by atoms with Gasteiger partial charge in [0, 0.05) is 27.3 Å². The lowest BCUT2D eigenvalue weighted by Crippen LogP contribution is -2.02. The Balaban J connectivity index is 3.42. The minimum absolute atomic E-state index is 0.282. The molecule has 0 N–H and O–H groups in total. The van der Waals surface area contributed by atoms with Crippen LogP contribution >= 0.6 is 22.3 Å². The van der Waals surface area contributed by atoms with Gasteiger partial charge in [0.2, 0.25) is 9.05 Å². The second-order valence-corrected chi connectivity index (χ2v) is 6.56. The third-order valence-corrected chi connectivity index (χ3v) is 3.60. The van der Waals surface area contributed by atoms with E-state index in [0.717, 1.165) is 0 Å². The molecular formula is C10H12Cl2O4S. The maximum atomic E-state index is 11.1. The highest BCUT2D eigenvalue weighted by molar-refractivity contribution is 8.13.